The molecule has 0 heterocycles. The zero-order chi connectivity index (χ0) is 14.3. The number of hydrogen-bond donors (Lipinski definition) is 1. The van der Waals surface area contributed by atoms with Crippen LogP contribution in [0.5, 0.6) is 0 Å². The zero-order valence-electron chi connectivity index (χ0n) is 11.1. The van der Waals surface area contributed by atoms with Gasteiger partial charge in [0, 0.05) is 26.3 Å². The van der Waals surface area contributed by atoms with Crippen LogP contribution < -0.4 is 4.90 Å². The van der Waals surface area contributed by atoms with Gasteiger partial charge in [0.1, 0.15) is 0 Å². The fourth-order valence-electron chi connectivity index (χ4n) is 1.57. The highest BCUT2D eigenvalue weighted by Gasteiger charge is 2.06. The van der Waals surface area contributed by atoms with Crippen molar-refractivity contribution in [1.82, 2.24) is 0 Å². The van der Waals surface area contributed by atoms with Crippen molar-refractivity contribution in [3.05, 3.63) is 34.9 Å². The number of carboxylic acids is 1. The van der Waals surface area contributed by atoms with Gasteiger partial charge in [-0.3, -0.25) is 0 Å². The first-order chi connectivity index (χ1) is 9.04. The van der Waals surface area contributed by atoms with Crippen molar-refractivity contribution < 1.29 is 14.6 Å². The summed E-state index contributed by atoms with van der Waals surface area (Å²) in [5.41, 5.74) is 1.66. The van der Waals surface area contributed by atoms with Crippen molar-refractivity contribution in [1.29, 1.82) is 0 Å². The van der Waals surface area contributed by atoms with Gasteiger partial charge in [0.2, 0.25) is 0 Å². The Labute approximate surface area is 118 Å². The second kappa shape index (κ2) is 7.81. The first-order valence-corrected chi connectivity index (χ1v) is 6.41. The lowest BCUT2D eigenvalue weighted by Crippen LogP contribution is -2.22. The summed E-state index contributed by atoms with van der Waals surface area (Å²) in [6.45, 7) is 4.04. The Hall–Kier alpha value is -1.52. The van der Waals surface area contributed by atoms with Gasteiger partial charge in [-0.05, 0) is 30.7 Å². The van der Waals surface area contributed by atoms with Crippen LogP contribution in [-0.2, 0) is 9.53 Å². The second-order valence-electron chi connectivity index (χ2n) is 4.00. The van der Waals surface area contributed by atoms with E-state index in [-0.39, 0.29) is 0 Å². The molecule has 0 saturated carbocycles. The molecule has 0 spiro atoms. The van der Waals surface area contributed by atoms with E-state index in [1.807, 2.05) is 31.0 Å². The lowest BCUT2D eigenvalue weighted by molar-refractivity contribution is -0.131. The molecule has 1 N–H and O–H groups in total. The summed E-state index contributed by atoms with van der Waals surface area (Å²) in [5.74, 6) is -0.978. The van der Waals surface area contributed by atoms with Gasteiger partial charge in [-0.15, -0.1) is 0 Å². The fraction of sp³-hybridized carbons (Fsp3) is 0.357. The molecule has 0 radical (unpaired) electrons. The Kier molecular flexibility index (Phi) is 6.39. The minimum atomic E-state index is -0.978. The quantitative estimate of drug-likeness (QED) is 0.617. The highest BCUT2D eigenvalue weighted by Crippen LogP contribution is 2.26. The topological polar surface area (TPSA) is 49.8 Å². The molecule has 0 unspecified atom stereocenters. The van der Waals surface area contributed by atoms with E-state index in [0.29, 0.717) is 18.2 Å². The van der Waals surface area contributed by atoms with E-state index < -0.39 is 5.97 Å². The molecule has 1 rings (SSSR count). The Balaban J connectivity index is 2.73. The molecule has 1 aromatic rings. The predicted molar refractivity (Wildman–Crippen MR) is 77.9 cm³/mol. The first kappa shape index (κ1) is 15.5. The Morgan fingerprint density at radius 3 is 2.84 bits per heavy atom. The highest BCUT2D eigenvalue weighted by atomic mass is 35.5. The molecule has 5 heteroatoms. The van der Waals surface area contributed by atoms with Gasteiger partial charge in [0.15, 0.2) is 0 Å². The number of nitrogens with zero attached hydrogens (tertiary/aromatic N) is 1. The van der Waals surface area contributed by atoms with Crippen molar-refractivity contribution >= 4 is 29.3 Å². The minimum Gasteiger partial charge on any atom is -0.478 e. The predicted octanol–water partition coefficient (Wildman–Crippen LogP) is 2.91. The SMILES string of the molecule is CCOCCN(C)c1ccc(/C=C/C(=O)O)cc1Cl. The van der Waals surface area contributed by atoms with Crippen molar-refractivity contribution in [2.75, 3.05) is 31.7 Å². The number of likely N-dealkylation sites (N-methyl/N-ethyl adjacent to an activating group) is 1. The number of benzene rings is 1. The zero-order valence-corrected chi connectivity index (χ0v) is 11.9. The summed E-state index contributed by atoms with van der Waals surface area (Å²) in [6, 6.07) is 5.45. The largest absolute Gasteiger partial charge is 0.478 e. The van der Waals surface area contributed by atoms with Crippen LogP contribution in [0.25, 0.3) is 6.08 Å². The summed E-state index contributed by atoms with van der Waals surface area (Å²) in [4.78, 5) is 12.4. The molecule has 0 fully saturated rings. The lowest BCUT2D eigenvalue weighted by Gasteiger charge is -2.20. The lowest BCUT2D eigenvalue weighted by atomic mass is 10.2. The molecule has 1 aromatic carbocycles. The van der Waals surface area contributed by atoms with E-state index in [2.05, 4.69) is 0 Å². The van der Waals surface area contributed by atoms with Gasteiger partial charge < -0.3 is 14.7 Å². The average molecular weight is 284 g/mol. The van der Waals surface area contributed by atoms with Gasteiger partial charge in [-0.2, -0.15) is 0 Å². The van der Waals surface area contributed by atoms with Crippen LogP contribution in [0.15, 0.2) is 24.3 Å². The number of halogens is 1. The Bertz CT molecular complexity index is 460. The van der Waals surface area contributed by atoms with Crippen molar-refractivity contribution in [2.24, 2.45) is 0 Å². The number of aliphatic carboxylic acids is 1. The molecule has 0 aliphatic heterocycles. The molecule has 0 aliphatic rings. The van der Waals surface area contributed by atoms with Crippen LogP contribution in [-0.4, -0.2) is 37.9 Å². The molecule has 4 nitrogen and oxygen atoms in total. The summed E-state index contributed by atoms with van der Waals surface area (Å²) in [6.07, 6.45) is 2.60. The third kappa shape index (κ3) is 5.32. The van der Waals surface area contributed by atoms with Crippen molar-refractivity contribution in [2.45, 2.75) is 6.92 Å². The van der Waals surface area contributed by atoms with Gasteiger partial charge in [-0.25, -0.2) is 4.79 Å². The van der Waals surface area contributed by atoms with Gasteiger partial charge in [0.25, 0.3) is 0 Å². The van der Waals surface area contributed by atoms with E-state index in [1.165, 1.54) is 6.08 Å². The van der Waals surface area contributed by atoms with Crippen LogP contribution in [0.4, 0.5) is 5.69 Å². The fourth-order valence-corrected chi connectivity index (χ4v) is 1.90. The molecule has 0 saturated heterocycles. The number of ether oxygens (including phenoxy) is 1. The van der Waals surface area contributed by atoms with Gasteiger partial charge in [-0.1, -0.05) is 17.7 Å². The third-order valence-electron chi connectivity index (χ3n) is 2.58. The molecule has 0 amide bonds. The van der Waals surface area contributed by atoms with Crippen LogP contribution in [0, 0.1) is 0 Å². The average Bonchev–Trinajstić information content (AvgIpc) is 2.36. The molecular weight excluding hydrogens is 266 g/mol. The summed E-state index contributed by atoms with van der Waals surface area (Å²) < 4.78 is 5.29. The smallest absolute Gasteiger partial charge is 0.328 e. The maximum Gasteiger partial charge on any atom is 0.328 e. The van der Waals surface area contributed by atoms with E-state index in [4.69, 9.17) is 21.4 Å². The second-order valence-corrected chi connectivity index (χ2v) is 4.41. The highest BCUT2D eigenvalue weighted by molar-refractivity contribution is 6.33. The molecule has 0 bridgehead atoms. The molecule has 19 heavy (non-hydrogen) atoms. The van der Waals surface area contributed by atoms with Crippen molar-refractivity contribution in [3.63, 3.8) is 0 Å². The number of carbonyl (C=O) groups is 1. The number of anilines is 1. The third-order valence-corrected chi connectivity index (χ3v) is 2.88. The maximum atomic E-state index is 10.4. The van der Waals surface area contributed by atoms with Crippen molar-refractivity contribution in [3.8, 4) is 0 Å². The first-order valence-electron chi connectivity index (χ1n) is 6.04. The summed E-state index contributed by atoms with van der Waals surface area (Å²) >= 11 is 6.19. The number of rotatable bonds is 7. The minimum absolute atomic E-state index is 0.589. The molecule has 104 valence electrons. The maximum absolute atomic E-state index is 10.4. The van der Waals surface area contributed by atoms with E-state index >= 15 is 0 Å². The molecular formula is C14H18ClNO3. The summed E-state index contributed by atoms with van der Waals surface area (Å²) in [7, 11) is 1.94. The Morgan fingerprint density at radius 2 is 2.26 bits per heavy atom. The number of hydrogen-bond acceptors (Lipinski definition) is 3. The monoisotopic (exact) mass is 283 g/mol. The van der Waals surface area contributed by atoms with E-state index in [1.54, 1.807) is 6.07 Å². The van der Waals surface area contributed by atoms with Crippen LogP contribution >= 0.6 is 11.6 Å². The molecule has 0 aliphatic carbocycles. The molecule has 0 atom stereocenters. The van der Waals surface area contributed by atoms with E-state index in [9.17, 15) is 4.79 Å². The van der Waals surface area contributed by atoms with E-state index in [0.717, 1.165) is 23.9 Å². The standard InChI is InChI=1S/C14H18ClNO3/c1-3-19-9-8-16(2)13-6-4-11(10-12(13)15)5-7-14(17)18/h4-7,10H,3,8-9H2,1-2H3,(H,17,18)/b7-5+. The van der Waals surface area contributed by atoms with Gasteiger partial charge >= 0.3 is 5.97 Å². The summed E-state index contributed by atoms with van der Waals surface area (Å²) in [5, 5.41) is 9.15. The van der Waals surface area contributed by atoms with Crippen LogP contribution in [0.3, 0.4) is 0 Å². The van der Waals surface area contributed by atoms with Gasteiger partial charge in [0.05, 0.1) is 17.3 Å². The number of carboxylic acid groups (broad SMARTS) is 1. The normalized spacial score (nSPS) is 10.9. The molecule has 0 aromatic heterocycles. The van der Waals surface area contributed by atoms with Crippen LogP contribution in [0.1, 0.15) is 12.5 Å². The van der Waals surface area contributed by atoms with Crippen LogP contribution in [0.2, 0.25) is 5.02 Å². The Morgan fingerprint density at radius 1 is 1.53 bits per heavy atom.